The maximum atomic E-state index is 12.4. The number of carbonyl (C=O) groups is 2. The minimum Gasteiger partial charge on any atom is -0.482 e. The Balaban J connectivity index is 2.30. The summed E-state index contributed by atoms with van der Waals surface area (Å²) < 4.78 is 5.39. The Morgan fingerprint density at radius 3 is 3.09 bits per heavy atom. The van der Waals surface area contributed by atoms with Crippen molar-refractivity contribution in [2.24, 2.45) is 0 Å². The topological polar surface area (TPSA) is 70.4 Å². The van der Waals surface area contributed by atoms with Crippen molar-refractivity contribution in [3.05, 3.63) is 36.4 Å². The highest BCUT2D eigenvalue weighted by Crippen LogP contribution is 2.33. The Labute approximate surface area is 133 Å². The van der Waals surface area contributed by atoms with Gasteiger partial charge in [0.15, 0.2) is 12.4 Å². The molecular formula is C16H16N2O3S. The van der Waals surface area contributed by atoms with Gasteiger partial charge in [0.05, 0.1) is 22.8 Å². The molecule has 0 saturated carbocycles. The third kappa shape index (κ3) is 3.31. The maximum absolute atomic E-state index is 12.4. The number of benzene rings is 1. The van der Waals surface area contributed by atoms with Crippen LogP contribution in [0, 0.1) is 11.3 Å². The van der Waals surface area contributed by atoms with E-state index in [9.17, 15) is 9.59 Å². The van der Waals surface area contributed by atoms with Crippen molar-refractivity contribution >= 4 is 29.1 Å². The van der Waals surface area contributed by atoms with E-state index in [1.807, 2.05) is 6.07 Å². The highest BCUT2D eigenvalue weighted by atomic mass is 32.2. The van der Waals surface area contributed by atoms with E-state index in [1.54, 1.807) is 36.1 Å². The summed E-state index contributed by atoms with van der Waals surface area (Å²) in [5, 5.41) is 8.28. The molecule has 0 radical (unpaired) electrons. The predicted octanol–water partition coefficient (Wildman–Crippen LogP) is 2.43. The molecule has 1 aliphatic rings. The number of ketones is 1. The summed E-state index contributed by atoms with van der Waals surface area (Å²) in [6, 6.07) is 7.07. The minimum atomic E-state index is -0.314. The second-order valence-corrected chi connectivity index (χ2v) is 6.07. The van der Waals surface area contributed by atoms with E-state index >= 15 is 0 Å². The fraction of sp³-hybridized carbons (Fsp3) is 0.312. The number of hydrogen-bond acceptors (Lipinski definition) is 5. The Morgan fingerprint density at radius 2 is 2.41 bits per heavy atom. The Kier molecular flexibility index (Phi) is 5.23. The van der Waals surface area contributed by atoms with Crippen LogP contribution in [0.1, 0.15) is 17.3 Å². The molecule has 0 spiro atoms. The normalized spacial score (nSPS) is 14.5. The van der Waals surface area contributed by atoms with Crippen LogP contribution in [0.25, 0.3) is 0 Å². The number of Topliss-reactive ketones (excluding diaryl/α,β-unsaturated/α-hetero) is 1. The van der Waals surface area contributed by atoms with Crippen LogP contribution in [-0.4, -0.2) is 35.8 Å². The highest BCUT2D eigenvalue weighted by molar-refractivity contribution is 8.00. The molecule has 6 heteroatoms. The molecule has 22 heavy (non-hydrogen) atoms. The molecule has 0 N–H and O–H groups in total. The molecule has 0 fully saturated rings. The first-order valence-corrected chi connectivity index (χ1v) is 7.84. The van der Waals surface area contributed by atoms with E-state index in [2.05, 4.69) is 6.58 Å². The fourth-order valence-corrected chi connectivity index (χ4v) is 2.77. The van der Waals surface area contributed by atoms with Crippen LogP contribution in [0.15, 0.2) is 30.9 Å². The first-order valence-electron chi connectivity index (χ1n) is 6.79. The third-order valence-electron chi connectivity index (χ3n) is 3.27. The van der Waals surface area contributed by atoms with Gasteiger partial charge in [0.1, 0.15) is 5.75 Å². The molecule has 0 bridgehead atoms. The van der Waals surface area contributed by atoms with Gasteiger partial charge in [-0.1, -0.05) is 6.08 Å². The van der Waals surface area contributed by atoms with Gasteiger partial charge in [-0.05, 0) is 25.1 Å². The van der Waals surface area contributed by atoms with Crippen molar-refractivity contribution in [3.8, 4) is 11.8 Å². The molecular weight excluding hydrogens is 300 g/mol. The number of thioether (sulfide) groups is 1. The number of hydrogen-bond donors (Lipinski definition) is 0. The maximum Gasteiger partial charge on any atom is 0.265 e. The van der Waals surface area contributed by atoms with Gasteiger partial charge >= 0.3 is 0 Å². The lowest BCUT2D eigenvalue weighted by atomic mass is 10.1. The van der Waals surface area contributed by atoms with Crippen molar-refractivity contribution in [2.45, 2.75) is 12.2 Å². The Morgan fingerprint density at radius 1 is 1.64 bits per heavy atom. The standard InChI is InChI=1S/C16H16N2O3S/c1-3-7-18-13-9-12(16(20)11(2)22-8-6-17)4-5-14(13)21-10-15(18)19/h3-5,9,11H,1,7-8,10H2,2H3. The van der Waals surface area contributed by atoms with Crippen LogP contribution in [0.3, 0.4) is 0 Å². The van der Waals surface area contributed by atoms with Crippen LogP contribution < -0.4 is 9.64 Å². The first kappa shape index (κ1) is 16.1. The van der Waals surface area contributed by atoms with Crippen molar-refractivity contribution in [3.63, 3.8) is 0 Å². The van der Waals surface area contributed by atoms with E-state index in [0.717, 1.165) is 0 Å². The largest absolute Gasteiger partial charge is 0.482 e. The molecule has 0 aromatic heterocycles. The van der Waals surface area contributed by atoms with Gasteiger partial charge in [-0.15, -0.1) is 18.3 Å². The van der Waals surface area contributed by atoms with Crippen LogP contribution in [0.4, 0.5) is 5.69 Å². The molecule has 1 amide bonds. The van der Waals surface area contributed by atoms with E-state index < -0.39 is 0 Å². The van der Waals surface area contributed by atoms with Gasteiger partial charge < -0.3 is 9.64 Å². The molecule has 1 aromatic rings. The fourth-order valence-electron chi connectivity index (χ4n) is 2.16. The number of fused-ring (bicyclic) bond motifs is 1. The number of carbonyl (C=O) groups excluding carboxylic acids is 2. The van der Waals surface area contributed by atoms with Crippen LogP contribution >= 0.6 is 11.8 Å². The average Bonchev–Trinajstić information content (AvgIpc) is 2.54. The number of ether oxygens (including phenoxy) is 1. The smallest absolute Gasteiger partial charge is 0.265 e. The Bertz CT molecular complexity index is 651. The Hall–Kier alpha value is -2.26. The quantitative estimate of drug-likeness (QED) is 0.595. The number of amides is 1. The van der Waals surface area contributed by atoms with Gasteiger partial charge in [-0.25, -0.2) is 0 Å². The zero-order valence-electron chi connectivity index (χ0n) is 12.2. The average molecular weight is 316 g/mol. The van der Waals surface area contributed by atoms with Crippen molar-refractivity contribution in [2.75, 3.05) is 23.8 Å². The predicted molar refractivity (Wildman–Crippen MR) is 86.4 cm³/mol. The second kappa shape index (κ2) is 7.14. The van der Waals surface area contributed by atoms with Crippen molar-refractivity contribution in [1.82, 2.24) is 0 Å². The molecule has 0 aliphatic carbocycles. The van der Waals surface area contributed by atoms with Gasteiger partial charge in [0, 0.05) is 12.1 Å². The summed E-state index contributed by atoms with van der Waals surface area (Å²) in [5.74, 6) is 0.612. The minimum absolute atomic E-state index is 0.0114. The lowest BCUT2D eigenvalue weighted by Gasteiger charge is -2.29. The molecule has 2 rings (SSSR count). The number of anilines is 1. The van der Waals surface area contributed by atoms with E-state index in [1.165, 1.54) is 11.8 Å². The summed E-state index contributed by atoms with van der Waals surface area (Å²) in [6.45, 7) is 5.77. The van der Waals surface area contributed by atoms with E-state index in [4.69, 9.17) is 10.00 Å². The zero-order valence-corrected chi connectivity index (χ0v) is 13.1. The van der Waals surface area contributed by atoms with Gasteiger partial charge in [0.2, 0.25) is 0 Å². The van der Waals surface area contributed by atoms with Crippen LogP contribution in [0.2, 0.25) is 0 Å². The summed E-state index contributed by atoms with van der Waals surface area (Å²) in [5.41, 5.74) is 1.09. The summed E-state index contributed by atoms with van der Waals surface area (Å²) >= 11 is 1.29. The molecule has 1 unspecified atom stereocenters. The molecule has 1 heterocycles. The van der Waals surface area contributed by atoms with Crippen molar-refractivity contribution in [1.29, 1.82) is 5.26 Å². The van der Waals surface area contributed by atoms with Gasteiger partial charge in [0.25, 0.3) is 5.91 Å². The van der Waals surface area contributed by atoms with E-state index in [-0.39, 0.29) is 29.3 Å². The van der Waals surface area contributed by atoms with E-state index in [0.29, 0.717) is 23.5 Å². The molecule has 114 valence electrons. The van der Waals surface area contributed by atoms with Gasteiger partial charge in [-0.2, -0.15) is 5.26 Å². The molecule has 1 atom stereocenters. The summed E-state index contributed by atoms with van der Waals surface area (Å²) in [4.78, 5) is 25.9. The molecule has 1 aromatic carbocycles. The second-order valence-electron chi connectivity index (χ2n) is 4.74. The summed E-state index contributed by atoms with van der Waals surface area (Å²) in [6.07, 6.45) is 1.63. The number of nitriles is 1. The zero-order chi connectivity index (χ0) is 16.1. The lowest BCUT2D eigenvalue weighted by Crippen LogP contribution is -2.39. The van der Waals surface area contributed by atoms with Crippen LogP contribution in [0.5, 0.6) is 5.75 Å². The molecule has 0 saturated heterocycles. The highest BCUT2D eigenvalue weighted by Gasteiger charge is 2.26. The lowest BCUT2D eigenvalue weighted by molar-refractivity contribution is -0.121. The first-order chi connectivity index (χ1) is 10.6. The van der Waals surface area contributed by atoms with Crippen molar-refractivity contribution < 1.29 is 14.3 Å². The van der Waals surface area contributed by atoms with Gasteiger partial charge in [-0.3, -0.25) is 9.59 Å². The number of nitrogens with zero attached hydrogens (tertiary/aromatic N) is 2. The molecule has 5 nitrogen and oxygen atoms in total. The SMILES string of the molecule is C=CCN1C(=O)COc2ccc(C(=O)C(C)SCC#N)cc21. The van der Waals surface area contributed by atoms with Crippen LogP contribution in [-0.2, 0) is 4.79 Å². The summed E-state index contributed by atoms with van der Waals surface area (Å²) in [7, 11) is 0. The number of rotatable bonds is 6. The third-order valence-corrected chi connectivity index (χ3v) is 4.28. The molecule has 1 aliphatic heterocycles. The monoisotopic (exact) mass is 316 g/mol.